The minimum absolute atomic E-state index is 0.435. The van der Waals surface area contributed by atoms with Crippen LogP contribution in [0.25, 0.3) is 27.8 Å². The highest BCUT2D eigenvalue weighted by atomic mass is 79.9. The zero-order chi connectivity index (χ0) is 16.0. The van der Waals surface area contributed by atoms with Crippen molar-refractivity contribution in [3.05, 3.63) is 64.8 Å². The maximum Gasteiger partial charge on any atom is 0.168 e. The number of aromatic nitrogens is 3. The van der Waals surface area contributed by atoms with Gasteiger partial charge in [-0.2, -0.15) is 0 Å². The van der Waals surface area contributed by atoms with Gasteiger partial charge in [0.05, 0.1) is 0 Å². The van der Waals surface area contributed by atoms with Gasteiger partial charge in [0.2, 0.25) is 0 Å². The summed E-state index contributed by atoms with van der Waals surface area (Å²) in [6, 6.07) is 16.6. The van der Waals surface area contributed by atoms with Gasteiger partial charge in [-0.15, -0.1) is 10.2 Å². The molecule has 4 rings (SSSR count). The molecule has 0 amide bonds. The van der Waals surface area contributed by atoms with Crippen LogP contribution in [0.2, 0.25) is 0 Å². The van der Waals surface area contributed by atoms with Gasteiger partial charge in [0.15, 0.2) is 11.5 Å². The number of rotatable bonds is 2. The van der Waals surface area contributed by atoms with Crippen LogP contribution in [0.4, 0.5) is 0 Å². The maximum absolute atomic E-state index is 4.45. The molecule has 2 aromatic carbocycles. The number of hydrogen-bond acceptors (Lipinski definition) is 2. The van der Waals surface area contributed by atoms with Crippen molar-refractivity contribution in [2.45, 2.75) is 19.8 Å². The van der Waals surface area contributed by atoms with E-state index in [2.05, 4.69) is 87.0 Å². The number of hydrogen-bond donors (Lipinski definition) is 0. The van der Waals surface area contributed by atoms with Gasteiger partial charge in [0.25, 0.3) is 0 Å². The standard InChI is InChI=1S/C19H16BrN3/c1-12(2)17-11-23-18(13-7-9-14(20)10-8-13)21-22-19(23)16-6-4-3-5-15(16)17/h3-12H,1-2H3. The lowest BCUT2D eigenvalue weighted by atomic mass is 9.98. The number of halogens is 1. The molecule has 0 aliphatic rings. The summed E-state index contributed by atoms with van der Waals surface area (Å²) in [5.41, 5.74) is 3.28. The van der Waals surface area contributed by atoms with Gasteiger partial charge < -0.3 is 0 Å². The van der Waals surface area contributed by atoms with E-state index in [4.69, 9.17) is 0 Å². The zero-order valence-electron chi connectivity index (χ0n) is 13.0. The molecule has 0 unspecified atom stereocenters. The predicted octanol–water partition coefficient (Wildman–Crippen LogP) is 5.44. The van der Waals surface area contributed by atoms with Gasteiger partial charge in [0, 0.05) is 21.6 Å². The largest absolute Gasteiger partial charge is 0.282 e. The first kappa shape index (κ1) is 14.4. The molecule has 0 fully saturated rings. The molecule has 23 heavy (non-hydrogen) atoms. The molecule has 0 N–H and O–H groups in total. The smallest absolute Gasteiger partial charge is 0.168 e. The number of fused-ring (bicyclic) bond motifs is 3. The third-order valence-electron chi connectivity index (χ3n) is 4.17. The van der Waals surface area contributed by atoms with Crippen LogP contribution >= 0.6 is 15.9 Å². The van der Waals surface area contributed by atoms with Crippen LogP contribution in [0, 0.1) is 0 Å². The highest BCUT2D eigenvalue weighted by Gasteiger charge is 2.14. The molecule has 3 nitrogen and oxygen atoms in total. The minimum Gasteiger partial charge on any atom is -0.282 e. The molecule has 0 aliphatic carbocycles. The van der Waals surface area contributed by atoms with Crippen molar-refractivity contribution in [1.82, 2.24) is 14.6 Å². The topological polar surface area (TPSA) is 30.2 Å². The molecule has 4 heteroatoms. The van der Waals surface area contributed by atoms with E-state index in [1.165, 1.54) is 10.9 Å². The van der Waals surface area contributed by atoms with E-state index in [-0.39, 0.29) is 0 Å². The fourth-order valence-corrected chi connectivity index (χ4v) is 3.26. The van der Waals surface area contributed by atoms with E-state index in [0.717, 1.165) is 26.9 Å². The molecule has 114 valence electrons. The van der Waals surface area contributed by atoms with Crippen LogP contribution < -0.4 is 0 Å². The van der Waals surface area contributed by atoms with Crippen molar-refractivity contribution in [3.63, 3.8) is 0 Å². The first-order valence-electron chi connectivity index (χ1n) is 7.67. The average molecular weight is 366 g/mol. The zero-order valence-corrected chi connectivity index (χ0v) is 14.6. The Morgan fingerprint density at radius 2 is 1.61 bits per heavy atom. The van der Waals surface area contributed by atoms with Crippen LogP contribution in [-0.4, -0.2) is 14.6 Å². The highest BCUT2D eigenvalue weighted by molar-refractivity contribution is 9.10. The number of benzene rings is 2. The molecular formula is C19H16BrN3. The molecule has 4 aromatic rings. The number of pyridine rings is 1. The van der Waals surface area contributed by atoms with Crippen molar-refractivity contribution in [1.29, 1.82) is 0 Å². The first-order valence-corrected chi connectivity index (χ1v) is 8.47. The third-order valence-corrected chi connectivity index (χ3v) is 4.70. The molecule has 0 spiro atoms. The van der Waals surface area contributed by atoms with Gasteiger partial charge in [0.1, 0.15) is 0 Å². The second-order valence-corrected chi connectivity index (χ2v) is 6.92. The van der Waals surface area contributed by atoms with Crippen molar-refractivity contribution in [2.75, 3.05) is 0 Å². The lowest BCUT2D eigenvalue weighted by molar-refractivity contribution is 0.865. The van der Waals surface area contributed by atoms with Crippen molar-refractivity contribution in [3.8, 4) is 11.4 Å². The Balaban J connectivity index is 2.07. The summed E-state index contributed by atoms with van der Waals surface area (Å²) in [5.74, 6) is 1.31. The van der Waals surface area contributed by atoms with Crippen molar-refractivity contribution in [2.24, 2.45) is 0 Å². The molecule has 0 aliphatic heterocycles. The Morgan fingerprint density at radius 3 is 2.30 bits per heavy atom. The van der Waals surface area contributed by atoms with Crippen LogP contribution in [0.15, 0.2) is 59.2 Å². The molecular weight excluding hydrogens is 350 g/mol. The van der Waals surface area contributed by atoms with E-state index in [0.29, 0.717) is 5.92 Å². The van der Waals surface area contributed by atoms with E-state index in [1.807, 2.05) is 12.1 Å². The maximum atomic E-state index is 4.45. The summed E-state index contributed by atoms with van der Waals surface area (Å²) in [4.78, 5) is 0. The Hall–Kier alpha value is -2.20. The molecule has 2 heterocycles. The Bertz CT molecular complexity index is 1000. The van der Waals surface area contributed by atoms with E-state index in [9.17, 15) is 0 Å². The predicted molar refractivity (Wildman–Crippen MR) is 97.7 cm³/mol. The van der Waals surface area contributed by atoms with Crippen molar-refractivity contribution < 1.29 is 0 Å². The Kier molecular flexibility index (Phi) is 3.42. The minimum atomic E-state index is 0.435. The normalized spacial score (nSPS) is 11.7. The Morgan fingerprint density at radius 1 is 0.913 bits per heavy atom. The Labute approximate surface area is 143 Å². The SMILES string of the molecule is CC(C)c1cn2c(-c3ccc(Br)cc3)nnc2c2ccccc12. The van der Waals surface area contributed by atoms with Gasteiger partial charge in [-0.05, 0) is 29.0 Å². The van der Waals surface area contributed by atoms with Gasteiger partial charge in [-0.1, -0.05) is 66.2 Å². The fraction of sp³-hybridized carbons (Fsp3) is 0.158. The van der Waals surface area contributed by atoms with Gasteiger partial charge in [-0.25, -0.2) is 0 Å². The van der Waals surface area contributed by atoms with Crippen LogP contribution in [0.5, 0.6) is 0 Å². The quantitative estimate of drug-likeness (QED) is 0.473. The van der Waals surface area contributed by atoms with Gasteiger partial charge in [-0.3, -0.25) is 4.40 Å². The van der Waals surface area contributed by atoms with Crippen molar-refractivity contribution >= 4 is 32.3 Å². The molecule has 0 bridgehead atoms. The molecule has 2 aromatic heterocycles. The molecule has 0 atom stereocenters. The summed E-state index contributed by atoms with van der Waals surface area (Å²) in [5, 5.41) is 11.3. The summed E-state index contributed by atoms with van der Waals surface area (Å²) in [6.45, 7) is 4.44. The fourth-order valence-electron chi connectivity index (χ4n) is 2.99. The summed E-state index contributed by atoms with van der Waals surface area (Å²) in [6.07, 6.45) is 2.18. The summed E-state index contributed by atoms with van der Waals surface area (Å²) >= 11 is 3.48. The summed E-state index contributed by atoms with van der Waals surface area (Å²) < 4.78 is 3.17. The summed E-state index contributed by atoms with van der Waals surface area (Å²) in [7, 11) is 0. The third kappa shape index (κ3) is 2.34. The number of nitrogens with zero attached hydrogens (tertiary/aromatic N) is 3. The molecule has 0 saturated carbocycles. The average Bonchev–Trinajstić information content (AvgIpc) is 2.99. The van der Waals surface area contributed by atoms with Crippen LogP contribution in [0.1, 0.15) is 25.3 Å². The lowest BCUT2D eigenvalue weighted by Crippen LogP contribution is -1.97. The lowest BCUT2D eigenvalue weighted by Gasteiger charge is -2.12. The van der Waals surface area contributed by atoms with Crippen LogP contribution in [-0.2, 0) is 0 Å². The van der Waals surface area contributed by atoms with Crippen LogP contribution in [0.3, 0.4) is 0 Å². The molecule has 0 radical (unpaired) electrons. The monoisotopic (exact) mass is 365 g/mol. The second-order valence-electron chi connectivity index (χ2n) is 6.01. The first-order chi connectivity index (χ1) is 11.1. The second kappa shape index (κ2) is 5.46. The van der Waals surface area contributed by atoms with E-state index < -0.39 is 0 Å². The van der Waals surface area contributed by atoms with E-state index >= 15 is 0 Å². The highest BCUT2D eigenvalue weighted by Crippen LogP contribution is 2.30. The van der Waals surface area contributed by atoms with Gasteiger partial charge >= 0.3 is 0 Å². The van der Waals surface area contributed by atoms with E-state index in [1.54, 1.807) is 0 Å². The molecule has 0 saturated heterocycles.